The number of nitrogens with zero attached hydrogens (tertiary/aromatic N) is 2. The van der Waals surface area contributed by atoms with Crippen molar-refractivity contribution in [2.45, 2.75) is 6.42 Å². The van der Waals surface area contributed by atoms with Crippen LogP contribution in [0.5, 0.6) is 6.01 Å². The van der Waals surface area contributed by atoms with Crippen LogP contribution in [0.3, 0.4) is 0 Å². The Morgan fingerprint density at radius 1 is 1.28 bits per heavy atom. The summed E-state index contributed by atoms with van der Waals surface area (Å²) in [6.45, 7) is 0.381. The molecular weight excluding hydrogens is 257 g/mol. The van der Waals surface area contributed by atoms with E-state index in [4.69, 9.17) is 22.1 Å². The van der Waals surface area contributed by atoms with Gasteiger partial charge in [0.15, 0.2) is 0 Å². The fourth-order valence-electron chi connectivity index (χ4n) is 1.36. The zero-order valence-corrected chi connectivity index (χ0v) is 10.2. The van der Waals surface area contributed by atoms with Gasteiger partial charge in [0.1, 0.15) is 5.82 Å². The van der Waals surface area contributed by atoms with Crippen molar-refractivity contribution in [2.75, 3.05) is 12.3 Å². The van der Waals surface area contributed by atoms with Crippen LogP contribution in [0.25, 0.3) is 0 Å². The lowest BCUT2D eigenvalue weighted by Gasteiger charge is -2.05. The van der Waals surface area contributed by atoms with Crippen molar-refractivity contribution < 1.29 is 9.13 Å². The number of hydrogen-bond acceptors (Lipinski definition) is 4. The highest BCUT2D eigenvalue weighted by Gasteiger charge is 2.02. The van der Waals surface area contributed by atoms with E-state index in [0.717, 1.165) is 5.56 Å². The molecule has 0 bridgehead atoms. The average Bonchev–Trinajstić information content (AvgIpc) is 2.36. The molecule has 2 rings (SSSR count). The molecule has 0 unspecified atom stereocenters. The monoisotopic (exact) mass is 267 g/mol. The summed E-state index contributed by atoms with van der Waals surface area (Å²) in [5.41, 5.74) is 6.81. The van der Waals surface area contributed by atoms with Crippen LogP contribution in [-0.2, 0) is 6.42 Å². The Morgan fingerprint density at radius 2 is 2.00 bits per heavy atom. The molecule has 0 aliphatic heterocycles. The molecule has 2 aromatic rings. The first-order valence-electron chi connectivity index (χ1n) is 5.29. The SMILES string of the molecule is Nc1cnc(OCCc2ccc(F)c(Cl)c2)nc1. The molecule has 0 saturated heterocycles. The van der Waals surface area contributed by atoms with Gasteiger partial charge in [-0.3, -0.25) is 0 Å². The summed E-state index contributed by atoms with van der Waals surface area (Å²) < 4.78 is 18.2. The second-order valence-corrected chi connectivity index (χ2v) is 4.05. The van der Waals surface area contributed by atoms with Crippen molar-refractivity contribution >= 4 is 17.3 Å². The maximum Gasteiger partial charge on any atom is 0.316 e. The maximum atomic E-state index is 12.9. The van der Waals surface area contributed by atoms with Crippen molar-refractivity contribution in [1.82, 2.24) is 9.97 Å². The standard InChI is InChI=1S/C12H11ClFN3O/c13-10-5-8(1-2-11(10)14)3-4-18-12-16-6-9(15)7-17-12/h1-2,5-7H,3-4,15H2. The number of rotatable bonds is 4. The quantitative estimate of drug-likeness (QED) is 0.924. The van der Waals surface area contributed by atoms with Gasteiger partial charge in [-0.25, -0.2) is 14.4 Å². The fraction of sp³-hybridized carbons (Fsp3) is 0.167. The van der Waals surface area contributed by atoms with E-state index < -0.39 is 5.82 Å². The second kappa shape index (κ2) is 5.64. The number of anilines is 1. The number of ether oxygens (including phenoxy) is 1. The number of nitrogens with two attached hydrogens (primary N) is 1. The van der Waals surface area contributed by atoms with Crippen molar-refractivity contribution in [3.8, 4) is 6.01 Å². The van der Waals surface area contributed by atoms with Crippen molar-refractivity contribution in [2.24, 2.45) is 0 Å². The third-order valence-electron chi connectivity index (χ3n) is 2.25. The molecule has 6 heteroatoms. The second-order valence-electron chi connectivity index (χ2n) is 3.65. The number of hydrogen-bond donors (Lipinski definition) is 1. The van der Waals surface area contributed by atoms with E-state index in [-0.39, 0.29) is 11.0 Å². The van der Waals surface area contributed by atoms with Gasteiger partial charge in [-0.15, -0.1) is 0 Å². The molecule has 0 aliphatic carbocycles. The highest BCUT2D eigenvalue weighted by Crippen LogP contribution is 2.16. The first-order valence-corrected chi connectivity index (χ1v) is 5.67. The minimum atomic E-state index is -0.428. The minimum absolute atomic E-state index is 0.108. The number of benzene rings is 1. The first kappa shape index (κ1) is 12.6. The molecule has 1 aromatic carbocycles. The van der Waals surface area contributed by atoms with Gasteiger partial charge in [0, 0.05) is 6.42 Å². The van der Waals surface area contributed by atoms with Crippen LogP contribution in [0.1, 0.15) is 5.56 Å². The Labute approximate surface area is 109 Å². The van der Waals surface area contributed by atoms with Gasteiger partial charge in [0.05, 0.1) is 29.7 Å². The fourth-order valence-corrected chi connectivity index (χ4v) is 1.56. The molecule has 4 nitrogen and oxygen atoms in total. The van der Waals surface area contributed by atoms with E-state index in [1.165, 1.54) is 18.5 Å². The first-order chi connectivity index (χ1) is 8.65. The highest BCUT2D eigenvalue weighted by atomic mass is 35.5. The van der Waals surface area contributed by atoms with Gasteiger partial charge in [0.25, 0.3) is 0 Å². The molecule has 0 radical (unpaired) electrons. The Kier molecular flexibility index (Phi) is 3.94. The lowest BCUT2D eigenvalue weighted by atomic mass is 10.1. The summed E-state index contributed by atoms with van der Waals surface area (Å²) in [6, 6.07) is 4.83. The predicted molar refractivity (Wildman–Crippen MR) is 67.1 cm³/mol. The van der Waals surface area contributed by atoms with Crippen molar-refractivity contribution in [1.29, 1.82) is 0 Å². The number of nitrogen functional groups attached to an aromatic ring is 1. The van der Waals surface area contributed by atoms with Gasteiger partial charge in [0.2, 0.25) is 0 Å². The molecule has 0 atom stereocenters. The Bertz CT molecular complexity index is 533. The van der Waals surface area contributed by atoms with Crippen LogP contribution in [0.4, 0.5) is 10.1 Å². The van der Waals surface area contributed by atoms with Crippen LogP contribution in [0, 0.1) is 5.82 Å². The zero-order chi connectivity index (χ0) is 13.0. The average molecular weight is 268 g/mol. The largest absolute Gasteiger partial charge is 0.463 e. The summed E-state index contributed by atoms with van der Waals surface area (Å²) in [5.74, 6) is -0.428. The van der Waals surface area contributed by atoms with Crippen LogP contribution >= 0.6 is 11.6 Å². The molecule has 0 spiro atoms. The maximum absolute atomic E-state index is 12.9. The Hall–Kier alpha value is -1.88. The van der Waals surface area contributed by atoms with E-state index in [1.54, 1.807) is 12.1 Å². The van der Waals surface area contributed by atoms with Gasteiger partial charge >= 0.3 is 6.01 Å². The molecule has 18 heavy (non-hydrogen) atoms. The van der Waals surface area contributed by atoms with E-state index >= 15 is 0 Å². The molecule has 1 aromatic heterocycles. The lowest BCUT2D eigenvalue weighted by molar-refractivity contribution is 0.296. The van der Waals surface area contributed by atoms with E-state index in [1.807, 2.05) is 0 Å². The Morgan fingerprint density at radius 3 is 2.67 bits per heavy atom. The number of aromatic nitrogens is 2. The predicted octanol–water partition coefficient (Wildman–Crippen LogP) is 2.47. The van der Waals surface area contributed by atoms with Gasteiger partial charge < -0.3 is 10.5 Å². The summed E-state index contributed by atoms with van der Waals surface area (Å²) >= 11 is 5.67. The molecule has 94 valence electrons. The number of halogens is 2. The molecule has 2 N–H and O–H groups in total. The summed E-state index contributed by atoms with van der Waals surface area (Å²) in [7, 11) is 0. The van der Waals surface area contributed by atoms with Crippen LogP contribution in [0.2, 0.25) is 5.02 Å². The van der Waals surface area contributed by atoms with E-state index in [0.29, 0.717) is 18.7 Å². The third kappa shape index (κ3) is 3.30. The van der Waals surface area contributed by atoms with E-state index in [9.17, 15) is 4.39 Å². The lowest BCUT2D eigenvalue weighted by Crippen LogP contribution is -2.04. The van der Waals surface area contributed by atoms with Gasteiger partial charge in [-0.1, -0.05) is 17.7 Å². The zero-order valence-electron chi connectivity index (χ0n) is 9.44. The molecule has 1 heterocycles. The molecular formula is C12H11ClFN3O. The van der Waals surface area contributed by atoms with Gasteiger partial charge in [-0.05, 0) is 17.7 Å². The minimum Gasteiger partial charge on any atom is -0.463 e. The summed E-state index contributed by atoms with van der Waals surface area (Å²) in [4.78, 5) is 7.79. The molecule has 0 amide bonds. The highest BCUT2D eigenvalue weighted by molar-refractivity contribution is 6.30. The summed E-state index contributed by atoms with van der Waals surface area (Å²) in [6.07, 6.45) is 3.53. The third-order valence-corrected chi connectivity index (χ3v) is 2.54. The molecule has 0 aliphatic rings. The van der Waals surface area contributed by atoms with Crippen molar-refractivity contribution in [3.05, 3.63) is 47.0 Å². The molecule has 0 saturated carbocycles. The summed E-state index contributed by atoms with van der Waals surface area (Å²) in [5, 5.41) is 0.108. The normalized spacial score (nSPS) is 10.3. The Balaban J connectivity index is 1.88. The van der Waals surface area contributed by atoms with Crippen molar-refractivity contribution in [3.63, 3.8) is 0 Å². The van der Waals surface area contributed by atoms with Crippen LogP contribution in [-0.4, -0.2) is 16.6 Å². The van der Waals surface area contributed by atoms with Gasteiger partial charge in [-0.2, -0.15) is 0 Å². The van der Waals surface area contributed by atoms with Crippen LogP contribution < -0.4 is 10.5 Å². The van der Waals surface area contributed by atoms with E-state index in [2.05, 4.69) is 9.97 Å². The van der Waals surface area contributed by atoms with Crippen LogP contribution in [0.15, 0.2) is 30.6 Å². The molecule has 0 fully saturated rings. The topological polar surface area (TPSA) is 61.0 Å². The smallest absolute Gasteiger partial charge is 0.316 e.